The zero-order valence-corrected chi connectivity index (χ0v) is 10.8. The largest absolute Gasteiger partial charge is 0.370 e. The van der Waals surface area contributed by atoms with E-state index < -0.39 is 5.91 Å². The van der Waals surface area contributed by atoms with Gasteiger partial charge in [0.25, 0.3) is 0 Å². The smallest absolute Gasteiger partial charge is 0.248 e. The molecule has 18 heavy (non-hydrogen) atoms. The number of primary amides is 1. The summed E-state index contributed by atoms with van der Waals surface area (Å²) in [5.41, 5.74) is 12.4. The summed E-state index contributed by atoms with van der Waals surface area (Å²) in [5, 5.41) is 3.08. The highest BCUT2D eigenvalue weighted by Crippen LogP contribution is 2.05. The Bertz CT molecular complexity index is 425. The van der Waals surface area contributed by atoms with E-state index in [2.05, 4.69) is 17.2 Å². The highest BCUT2D eigenvalue weighted by atomic mass is 16.1. The Hall–Kier alpha value is -2.04. The molecule has 0 saturated heterocycles. The van der Waals surface area contributed by atoms with Crippen molar-refractivity contribution < 1.29 is 4.79 Å². The van der Waals surface area contributed by atoms with Crippen LogP contribution in [0.5, 0.6) is 0 Å². The summed E-state index contributed by atoms with van der Waals surface area (Å²) in [5.74, 6) is 0.00586. The Labute approximate surface area is 107 Å². The van der Waals surface area contributed by atoms with Crippen LogP contribution in [0.15, 0.2) is 29.3 Å². The Morgan fingerprint density at radius 1 is 1.33 bits per heavy atom. The molecule has 1 rings (SSSR count). The first-order chi connectivity index (χ1) is 8.52. The van der Waals surface area contributed by atoms with Crippen LogP contribution >= 0.6 is 0 Å². The highest BCUT2D eigenvalue weighted by molar-refractivity contribution is 5.92. The van der Waals surface area contributed by atoms with Crippen LogP contribution in [0.4, 0.5) is 0 Å². The summed E-state index contributed by atoms with van der Waals surface area (Å²) in [6, 6.07) is 7.32. The van der Waals surface area contributed by atoms with E-state index in [1.165, 1.54) is 0 Å². The molecule has 0 aliphatic carbocycles. The predicted molar refractivity (Wildman–Crippen MR) is 73.2 cm³/mol. The molecule has 0 aliphatic rings. The van der Waals surface area contributed by atoms with E-state index in [0.29, 0.717) is 24.1 Å². The Balaban J connectivity index is 2.57. The van der Waals surface area contributed by atoms with Gasteiger partial charge in [-0.1, -0.05) is 19.1 Å². The number of benzene rings is 1. The second-order valence-electron chi connectivity index (χ2n) is 4.22. The molecular formula is C13H20N4O. The topological polar surface area (TPSA) is 93.5 Å². The number of carbonyl (C=O) groups excluding carboxylic acids is 1. The van der Waals surface area contributed by atoms with Crippen molar-refractivity contribution in [1.82, 2.24) is 5.32 Å². The summed E-state index contributed by atoms with van der Waals surface area (Å²) in [6.07, 6.45) is 0.990. The maximum Gasteiger partial charge on any atom is 0.248 e. The van der Waals surface area contributed by atoms with Gasteiger partial charge in [0.1, 0.15) is 0 Å². The zero-order valence-electron chi connectivity index (χ0n) is 10.8. The summed E-state index contributed by atoms with van der Waals surface area (Å²) in [4.78, 5) is 15.1. The summed E-state index contributed by atoms with van der Waals surface area (Å²) in [7, 11) is 0. The monoisotopic (exact) mass is 248 g/mol. The van der Waals surface area contributed by atoms with Crippen LogP contribution in [0.1, 0.15) is 36.2 Å². The molecule has 1 amide bonds. The number of hydrogen-bond donors (Lipinski definition) is 3. The second kappa shape index (κ2) is 6.64. The van der Waals surface area contributed by atoms with Crippen LogP contribution in [0.3, 0.4) is 0 Å². The Kier molecular flexibility index (Phi) is 5.17. The Morgan fingerprint density at radius 3 is 2.44 bits per heavy atom. The molecule has 0 aliphatic heterocycles. The molecule has 0 bridgehead atoms. The van der Waals surface area contributed by atoms with Gasteiger partial charge >= 0.3 is 0 Å². The first-order valence-corrected chi connectivity index (χ1v) is 5.98. The van der Waals surface area contributed by atoms with Gasteiger partial charge in [-0.2, -0.15) is 0 Å². The lowest BCUT2D eigenvalue weighted by Gasteiger charge is -2.11. The van der Waals surface area contributed by atoms with Crippen LogP contribution in [-0.2, 0) is 6.54 Å². The van der Waals surface area contributed by atoms with E-state index in [4.69, 9.17) is 11.5 Å². The quantitative estimate of drug-likeness (QED) is 0.535. The van der Waals surface area contributed by atoms with Gasteiger partial charge in [-0.25, -0.2) is 4.99 Å². The number of nitrogens with one attached hydrogen (secondary N) is 1. The van der Waals surface area contributed by atoms with Crippen molar-refractivity contribution in [2.24, 2.45) is 16.5 Å². The minimum absolute atomic E-state index is 0.311. The van der Waals surface area contributed by atoms with Gasteiger partial charge in [0.05, 0.1) is 6.54 Å². The van der Waals surface area contributed by atoms with Crippen LogP contribution < -0.4 is 16.8 Å². The van der Waals surface area contributed by atoms with E-state index in [1.54, 1.807) is 12.1 Å². The second-order valence-corrected chi connectivity index (χ2v) is 4.22. The van der Waals surface area contributed by atoms with Crippen LogP contribution in [0, 0.1) is 0 Å². The van der Waals surface area contributed by atoms with Gasteiger partial charge in [0.2, 0.25) is 5.91 Å². The third kappa shape index (κ3) is 4.45. The van der Waals surface area contributed by atoms with E-state index >= 15 is 0 Å². The Morgan fingerprint density at radius 2 is 1.94 bits per heavy atom. The number of hydrogen-bond acceptors (Lipinski definition) is 2. The lowest BCUT2D eigenvalue weighted by molar-refractivity contribution is 0.100. The van der Waals surface area contributed by atoms with Crippen molar-refractivity contribution in [1.29, 1.82) is 0 Å². The lowest BCUT2D eigenvalue weighted by atomic mass is 10.1. The number of amides is 1. The molecule has 1 unspecified atom stereocenters. The summed E-state index contributed by atoms with van der Waals surface area (Å²) in [6.45, 7) is 4.60. The molecule has 1 aromatic rings. The first-order valence-electron chi connectivity index (χ1n) is 5.98. The van der Waals surface area contributed by atoms with E-state index in [-0.39, 0.29) is 0 Å². The van der Waals surface area contributed by atoms with Crippen molar-refractivity contribution >= 4 is 11.9 Å². The molecule has 0 spiro atoms. The van der Waals surface area contributed by atoms with Gasteiger partial charge in [-0.3, -0.25) is 4.79 Å². The molecule has 1 aromatic carbocycles. The van der Waals surface area contributed by atoms with E-state index in [0.717, 1.165) is 12.0 Å². The van der Waals surface area contributed by atoms with Crippen molar-refractivity contribution in [2.45, 2.75) is 32.9 Å². The number of aliphatic imine (C=N–C) groups is 1. The molecule has 0 saturated carbocycles. The number of rotatable bonds is 5. The maximum absolute atomic E-state index is 10.9. The fourth-order valence-electron chi connectivity index (χ4n) is 1.35. The average Bonchev–Trinajstić information content (AvgIpc) is 2.36. The molecule has 0 radical (unpaired) electrons. The third-order valence-corrected chi connectivity index (χ3v) is 2.68. The fourth-order valence-corrected chi connectivity index (χ4v) is 1.35. The summed E-state index contributed by atoms with van der Waals surface area (Å²) >= 11 is 0. The van der Waals surface area contributed by atoms with E-state index in [1.807, 2.05) is 19.1 Å². The molecule has 5 heteroatoms. The molecule has 5 N–H and O–H groups in total. The molecule has 5 nitrogen and oxygen atoms in total. The first kappa shape index (κ1) is 14.0. The zero-order chi connectivity index (χ0) is 13.5. The van der Waals surface area contributed by atoms with Gasteiger partial charge in [0, 0.05) is 11.6 Å². The highest BCUT2D eigenvalue weighted by Gasteiger charge is 2.01. The maximum atomic E-state index is 10.9. The minimum Gasteiger partial charge on any atom is -0.370 e. The fraction of sp³-hybridized carbons (Fsp3) is 0.385. The molecule has 98 valence electrons. The third-order valence-electron chi connectivity index (χ3n) is 2.68. The van der Waals surface area contributed by atoms with E-state index in [9.17, 15) is 4.79 Å². The molecular weight excluding hydrogens is 228 g/mol. The minimum atomic E-state index is -0.428. The van der Waals surface area contributed by atoms with Crippen molar-refractivity contribution in [3.8, 4) is 0 Å². The van der Waals surface area contributed by atoms with Crippen molar-refractivity contribution in [3.63, 3.8) is 0 Å². The molecule has 0 fully saturated rings. The summed E-state index contributed by atoms with van der Waals surface area (Å²) < 4.78 is 0. The molecule has 1 atom stereocenters. The van der Waals surface area contributed by atoms with Crippen molar-refractivity contribution in [3.05, 3.63) is 35.4 Å². The standard InChI is InChI=1S/C13H20N4O/c1-3-9(2)17-13(15)16-8-10-4-6-11(7-5-10)12(14)18/h4-7,9H,3,8H2,1-2H3,(H2,14,18)(H3,15,16,17). The normalized spacial score (nSPS) is 13.1. The van der Waals surface area contributed by atoms with Crippen molar-refractivity contribution in [2.75, 3.05) is 0 Å². The van der Waals surface area contributed by atoms with Gasteiger partial charge in [-0.15, -0.1) is 0 Å². The number of nitrogens with two attached hydrogens (primary N) is 2. The average molecular weight is 248 g/mol. The van der Waals surface area contributed by atoms with Gasteiger partial charge in [0.15, 0.2) is 5.96 Å². The van der Waals surface area contributed by atoms with Gasteiger partial charge in [-0.05, 0) is 31.0 Å². The number of guanidine groups is 1. The number of nitrogens with zero attached hydrogens (tertiary/aromatic N) is 1. The van der Waals surface area contributed by atoms with Crippen LogP contribution in [0.2, 0.25) is 0 Å². The van der Waals surface area contributed by atoms with Crippen LogP contribution in [-0.4, -0.2) is 17.9 Å². The number of carbonyl (C=O) groups is 1. The van der Waals surface area contributed by atoms with Crippen LogP contribution in [0.25, 0.3) is 0 Å². The lowest BCUT2D eigenvalue weighted by Crippen LogP contribution is -2.38. The molecule has 0 heterocycles. The van der Waals surface area contributed by atoms with Gasteiger partial charge < -0.3 is 16.8 Å². The SMILES string of the molecule is CCC(C)NC(N)=NCc1ccc(C(N)=O)cc1. The predicted octanol–water partition coefficient (Wildman–Crippen LogP) is 0.988. The molecule has 0 aromatic heterocycles.